The second kappa shape index (κ2) is 7.73. The van der Waals surface area contributed by atoms with Gasteiger partial charge in [0.2, 0.25) is 5.95 Å². The van der Waals surface area contributed by atoms with Crippen molar-refractivity contribution in [2.24, 2.45) is 0 Å². The monoisotopic (exact) mass is 313 g/mol. The van der Waals surface area contributed by atoms with E-state index >= 15 is 0 Å². The Morgan fingerprint density at radius 1 is 1.55 bits per heavy atom. The van der Waals surface area contributed by atoms with Crippen molar-refractivity contribution < 1.29 is 9.53 Å². The van der Waals surface area contributed by atoms with E-state index in [1.165, 1.54) is 17.7 Å². The molecule has 1 saturated heterocycles. The number of ether oxygens (including phenoxy) is 1. The van der Waals surface area contributed by atoms with Crippen LogP contribution in [0.4, 0.5) is 5.95 Å². The SMILES string of the molecule is CCOC(=O)c1cnc(NCC2CSCCS2)nc1C. The predicted molar refractivity (Wildman–Crippen MR) is 84.8 cm³/mol. The molecule has 0 amide bonds. The maximum Gasteiger partial charge on any atom is 0.341 e. The number of carbonyl (C=O) groups is 1. The molecule has 1 unspecified atom stereocenters. The van der Waals surface area contributed by atoms with Gasteiger partial charge in [0.15, 0.2) is 0 Å². The molecule has 0 aromatic carbocycles. The van der Waals surface area contributed by atoms with Gasteiger partial charge < -0.3 is 10.1 Å². The number of carbonyl (C=O) groups excluding carboxylic acids is 1. The van der Waals surface area contributed by atoms with Crippen LogP contribution >= 0.6 is 23.5 Å². The van der Waals surface area contributed by atoms with Gasteiger partial charge >= 0.3 is 5.97 Å². The third kappa shape index (κ3) is 4.28. The van der Waals surface area contributed by atoms with E-state index < -0.39 is 0 Å². The first-order valence-electron chi connectivity index (χ1n) is 6.64. The van der Waals surface area contributed by atoms with Crippen molar-refractivity contribution in [1.29, 1.82) is 0 Å². The molecule has 7 heteroatoms. The third-order valence-electron chi connectivity index (χ3n) is 2.85. The van der Waals surface area contributed by atoms with Gasteiger partial charge in [-0.2, -0.15) is 23.5 Å². The van der Waals surface area contributed by atoms with Crippen LogP contribution in [0, 0.1) is 6.92 Å². The minimum Gasteiger partial charge on any atom is -0.462 e. The summed E-state index contributed by atoms with van der Waals surface area (Å²) in [7, 11) is 0. The van der Waals surface area contributed by atoms with Crippen molar-refractivity contribution in [3.05, 3.63) is 17.5 Å². The predicted octanol–water partition coefficient (Wildman–Crippen LogP) is 2.22. The van der Waals surface area contributed by atoms with Gasteiger partial charge in [0.1, 0.15) is 0 Å². The minimum absolute atomic E-state index is 0.356. The largest absolute Gasteiger partial charge is 0.462 e. The second-order valence-corrected chi connectivity index (χ2v) is 6.92. The number of thioether (sulfide) groups is 2. The molecule has 0 radical (unpaired) electrons. The molecule has 0 aliphatic carbocycles. The first kappa shape index (κ1) is 15.4. The lowest BCUT2D eigenvalue weighted by atomic mass is 10.2. The summed E-state index contributed by atoms with van der Waals surface area (Å²) in [6.07, 6.45) is 1.53. The number of hydrogen-bond acceptors (Lipinski definition) is 7. The Kier molecular flexibility index (Phi) is 5.97. The van der Waals surface area contributed by atoms with Crippen molar-refractivity contribution in [2.45, 2.75) is 19.1 Å². The maximum absolute atomic E-state index is 11.7. The molecule has 1 aliphatic heterocycles. The van der Waals surface area contributed by atoms with Crippen LogP contribution in [-0.2, 0) is 4.74 Å². The lowest BCUT2D eigenvalue weighted by molar-refractivity contribution is 0.0524. The molecule has 110 valence electrons. The summed E-state index contributed by atoms with van der Waals surface area (Å²) in [5.41, 5.74) is 1.08. The molecule has 0 saturated carbocycles. The van der Waals surface area contributed by atoms with E-state index in [0.717, 1.165) is 12.3 Å². The summed E-state index contributed by atoms with van der Waals surface area (Å²) in [5, 5.41) is 3.84. The zero-order chi connectivity index (χ0) is 14.4. The Balaban J connectivity index is 1.92. The van der Waals surface area contributed by atoms with Crippen molar-refractivity contribution >= 4 is 35.4 Å². The summed E-state index contributed by atoms with van der Waals surface area (Å²) in [4.78, 5) is 20.2. The van der Waals surface area contributed by atoms with Crippen LogP contribution in [0.5, 0.6) is 0 Å². The molecule has 0 spiro atoms. The Morgan fingerprint density at radius 2 is 2.40 bits per heavy atom. The zero-order valence-electron chi connectivity index (χ0n) is 11.7. The van der Waals surface area contributed by atoms with E-state index in [-0.39, 0.29) is 5.97 Å². The molecule has 5 nitrogen and oxygen atoms in total. The maximum atomic E-state index is 11.7. The van der Waals surface area contributed by atoms with E-state index in [1.54, 1.807) is 13.8 Å². The molecule has 1 atom stereocenters. The molecule has 1 aromatic heterocycles. The molecular formula is C13H19N3O2S2. The fourth-order valence-corrected chi connectivity index (χ4v) is 4.43. The number of anilines is 1. The van der Waals surface area contributed by atoms with Gasteiger partial charge in [0.05, 0.1) is 17.9 Å². The third-order valence-corrected chi connectivity index (χ3v) is 5.69. The van der Waals surface area contributed by atoms with Gasteiger partial charge in [0.25, 0.3) is 0 Å². The second-order valence-electron chi connectivity index (χ2n) is 4.36. The van der Waals surface area contributed by atoms with Crippen LogP contribution in [0.25, 0.3) is 0 Å². The van der Waals surface area contributed by atoms with Gasteiger partial charge in [-0.25, -0.2) is 14.8 Å². The number of nitrogens with zero attached hydrogens (tertiary/aromatic N) is 2. The molecule has 1 fully saturated rings. The highest BCUT2D eigenvalue weighted by Gasteiger charge is 2.16. The van der Waals surface area contributed by atoms with E-state index in [9.17, 15) is 4.79 Å². The number of hydrogen-bond donors (Lipinski definition) is 1. The normalized spacial score (nSPS) is 18.6. The Labute approximate surface area is 127 Å². The smallest absolute Gasteiger partial charge is 0.341 e. The highest BCUT2D eigenvalue weighted by Crippen LogP contribution is 2.24. The standard InChI is InChI=1S/C13H19N3O2S2/c1-3-18-12(17)11-7-15-13(16-9(11)2)14-6-10-8-19-4-5-20-10/h7,10H,3-6,8H2,1-2H3,(H,14,15,16). The quantitative estimate of drug-likeness (QED) is 0.836. The average Bonchev–Trinajstić information content (AvgIpc) is 2.46. The van der Waals surface area contributed by atoms with Crippen LogP contribution in [0.15, 0.2) is 6.20 Å². The van der Waals surface area contributed by atoms with Gasteiger partial charge in [-0.3, -0.25) is 0 Å². The molecule has 1 aliphatic rings. The lowest BCUT2D eigenvalue weighted by Crippen LogP contribution is -2.24. The van der Waals surface area contributed by atoms with Crippen LogP contribution in [0.1, 0.15) is 23.0 Å². The van der Waals surface area contributed by atoms with E-state index in [0.29, 0.717) is 29.1 Å². The number of nitrogens with one attached hydrogen (secondary N) is 1. The molecule has 2 heterocycles. The van der Waals surface area contributed by atoms with Crippen LogP contribution in [0.2, 0.25) is 0 Å². The average molecular weight is 313 g/mol. The number of esters is 1. The molecule has 2 rings (SSSR count). The van der Waals surface area contributed by atoms with Gasteiger partial charge in [0, 0.05) is 35.3 Å². The minimum atomic E-state index is -0.365. The highest BCUT2D eigenvalue weighted by atomic mass is 32.2. The van der Waals surface area contributed by atoms with Crippen molar-refractivity contribution in [3.8, 4) is 0 Å². The van der Waals surface area contributed by atoms with Crippen LogP contribution < -0.4 is 5.32 Å². The molecule has 1 aromatic rings. The summed E-state index contributed by atoms with van der Waals surface area (Å²) in [6.45, 7) is 4.79. The highest BCUT2D eigenvalue weighted by molar-refractivity contribution is 8.06. The summed E-state index contributed by atoms with van der Waals surface area (Å²) in [5.74, 6) is 3.82. The Bertz CT molecular complexity index is 465. The van der Waals surface area contributed by atoms with Crippen LogP contribution in [0.3, 0.4) is 0 Å². The molecule has 20 heavy (non-hydrogen) atoms. The molecular weight excluding hydrogens is 294 g/mol. The summed E-state index contributed by atoms with van der Waals surface area (Å²) in [6, 6.07) is 0. The van der Waals surface area contributed by atoms with Gasteiger partial charge in [-0.05, 0) is 13.8 Å². The summed E-state index contributed by atoms with van der Waals surface area (Å²) < 4.78 is 4.96. The number of aromatic nitrogens is 2. The zero-order valence-corrected chi connectivity index (χ0v) is 13.4. The van der Waals surface area contributed by atoms with Crippen molar-refractivity contribution in [3.63, 3.8) is 0 Å². The summed E-state index contributed by atoms with van der Waals surface area (Å²) >= 11 is 3.98. The number of aryl methyl sites for hydroxylation is 1. The van der Waals surface area contributed by atoms with Gasteiger partial charge in [-0.15, -0.1) is 0 Å². The Morgan fingerprint density at radius 3 is 3.05 bits per heavy atom. The lowest BCUT2D eigenvalue weighted by Gasteiger charge is -2.21. The first-order valence-corrected chi connectivity index (χ1v) is 8.85. The topological polar surface area (TPSA) is 64.1 Å². The van der Waals surface area contributed by atoms with Crippen molar-refractivity contribution in [1.82, 2.24) is 9.97 Å². The van der Waals surface area contributed by atoms with Crippen molar-refractivity contribution in [2.75, 3.05) is 35.7 Å². The van der Waals surface area contributed by atoms with E-state index in [1.807, 2.05) is 23.5 Å². The van der Waals surface area contributed by atoms with E-state index in [4.69, 9.17) is 4.74 Å². The fourth-order valence-electron chi connectivity index (χ4n) is 1.82. The van der Waals surface area contributed by atoms with E-state index in [2.05, 4.69) is 15.3 Å². The first-order chi connectivity index (χ1) is 9.70. The van der Waals surface area contributed by atoms with Crippen LogP contribution in [-0.4, -0.2) is 51.6 Å². The fraction of sp³-hybridized carbons (Fsp3) is 0.615. The Hall–Kier alpha value is -0.950. The molecule has 1 N–H and O–H groups in total. The number of rotatable bonds is 5. The van der Waals surface area contributed by atoms with Gasteiger partial charge in [-0.1, -0.05) is 0 Å². The molecule has 0 bridgehead atoms.